The minimum Gasteiger partial charge on any atom is -0.456 e. The molecule has 2 heterocycles. The molecule has 0 amide bonds. The molecule has 2 nitrogen and oxygen atoms in total. The fraction of sp³-hybridized carbons (Fsp3) is 0. The van der Waals surface area contributed by atoms with E-state index < -0.39 is 0 Å². The average molecular weight is 261 g/mol. The van der Waals surface area contributed by atoms with E-state index in [0.29, 0.717) is 0 Å². The van der Waals surface area contributed by atoms with Crippen LogP contribution in [0.2, 0.25) is 0 Å². The van der Waals surface area contributed by atoms with Gasteiger partial charge in [0.2, 0.25) is 0 Å². The summed E-state index contributed by atoms with van der Waals surface area (Å²) in [6.07, 6.45) is 1.73. The number of benzene rings is 3. The van der Waals surface area contributed by atoms with E-state index in [0.717, 1.165) is 43.6 Å². The van der Waals surface area contributed by atoms with Gasteiger partial charge in [0.25, 0.3) is 0 Å². The van der Waals surface area contributed by atoms with E-state index in [9.17, 15) is 4.39 Å². The fourth-order valence-corrected chi connectivity index (χ4v) is 3.14. The van der Waals surface area contributed by atoms with Gasteiger partial charge in [-0.2, -0.15) is 0 Å². The van der Waals surface area contributed by atoms with E-state index >= 15 is 0 Å². The van der Waals surface area contributed by atoms with Crippen molar-refractivity contribution < 1.29 is 8.81 Å². The standard InChI is InChI=1S/C17H8FNO/c18-9-4-5-11-12(8-9)10-2-1-3-13-15(10)16-14(20-13)6-7-19-17(11)16/h1-8H. The number of hydrogen-bond donors (Lipinski definition) is 0. The van der Waals surface area contributed by atoms with E-state index in [-0.39, 0.29) is 5.82 Å². The molecule has 3 aromatic carbocycles. The Morgan fingerprint density at radius 3 is 2.70 bits per heavy atom. The van der Waals surface area contributed by atoms with Crippen LogP contribution >= 0.6 is 0 Å². The predicted molar refractivity (Wildman–Crippen MR) is 77.7 cm³/mol. The van der Waals surface area contributed by atoms with Gasteiger partial charge in [0.1, 0.15) is 17.0 Å². The maximum absolute atomic E-state index is 13.6. The van der Waals surface area contributed by atoms with E-state index in [4.69, 9.17) is 4.42 Å². The lowest BCUT2D eigenvalue weighted by molar-refractivity contribution is 0.630. The second-order valence-corrected chi connectivity index (χ2v) is 5.00. The van der Waals surface area contributed by atoms with Crippen LogP contribution in [-0.4, -0.2) is 4.98 Å². The Morgan fingerprint density at radius 2 is 1.75 bits per heavy atom. The summed E-state index contributed by atoms with van der Waals surface area (Å²) in [4.78, 5) is 4.48. The topological polar surface area (TPSA) is 26.0 Å². The second kappa shape index (κ2) is 3.25. The van der Waals surface area contributed by atoms with Gasteiger partial charge in [0, 0.05) is 17.0 Å². The summed E-state index contributed by atoms with van der Waals surface area (Å²) in [6.45, 7) is 0. The number of pyridine rings is 1. The summed E-state index contributed by atoms with van der Waals surface area (Å²) in [5.41, 5.74) is 2.52. The van der Waals surface area contributed by atoms with Gasteiger partial charge in [0.05, 0.1) is 10.9 Å². The van der Waals surface area contributed by atoms with Crippen molar-refractivity contribution in [3.05, 3.63) is 54.5 Å². The third-order valence-corrected chi connectivity index (χ3v) is 3.94. The normalized spacial score (nSPS) is 12.2. The lowest BCUT2D eigenvalue weighted by Crippen LogP contribution is -1.85. The van der Waals surface area contributed by atoms with Crippen molar-refractivity contribution in [2.75, 3.05) is 0 Å². The van der Waals surface area contributed by atoms with Gasteiger partial charge in [-0.25, -0.2) is 4.39 Å². The Hall–Kier alpha value is -2.68. The van der Waals surface area contributed by atoms with Crippen molar-refractivity contribution in [3.63, 3.8) is 0 Å². The van der Waals surface area contributed by atoms with Crippen molar-refractivity contribution in [1.82, 2.24) is 4.98 Å². The zero-order valence-electron chi connectivity index (χ0n) is 10.4. The minimum atomic E-state index is -0.236. The van der Waals surface area contributed by atoms with E-state index in [1.165, 1.54) is 6.07 Å². The number of furan rings is 1. The summed E-state index contributed by atoms with van der Waals surface area (Å²) >= 11 is 0. The first-order valence-corrected chi connectivity index (χ1v) is 6.43. The van der Waals surface area contributed by atoms with Crippen LogP contribution < -0.4 is 0 Å². The van der Waals surface area contributed by atoms with Crippen molar-refractivity contribution in [2.45, 2.75) is 0 Å². The molecule has 0 aliphatic carbocycles. The molecule has 0 aliphatic rings. The molecular weight excluding hydrogens is 253 g/mol. The Labute approximate surface area is 112 Å². The van der Waals surface area contributed by atoms with Crippen LogP contribution in [0.25, 0.3) is 43.6 Å². The molecule has 94 valence electrons. The van der Waals surface area contributed by atoms with Gasteiger partial charge < -0.3 is 4.42 Å². The molecule has 5 rings (SSSR count). The number of halogens is 1. The molecule has 0 N–H and O–H groups in total. The SMILES string of the molecule is Fc1ccc2c(c1)c1cccc3oc4ccnc2c4c31. The van der Waals surface area contributed by atoms with Crippen molar-refractivity contribution in [3.8, 4) is 0 Å². The number of hydrogen-bond acceptors (Lipinski definition) is 2. The van der Waals surface area contributed by atoms with Crippen molar-refractivity contribution >= 4 is 43.6 Å². The molecule has 0 saturated carbocycles. The molecule has 0 aliphatic heterocycles. The summed E-state index contributed by atoms with van der Waals surface area (Å²) in [5.74, 6) is -0.236. The van der Waals surface area contributed by atoms with Crippen LogP contribution in [0.15, 0.2) is 53.1 Å². The van der Waals surface area contributed by atoms with Gasteiger partial charge >= 0.3 is 0 Å². The minimum absolute atomic E-state index is 0.236. The molecule has 0 atom stereocenters. The smallest absolute Gasteiger partial charge is 0.139 e. The predicted octanol–water partition coefficient (Wildman–Crippen LogP) is 4.86. The first-order chi connectivity index (χ1) is 9.83. The van der Waals surface area contributed by atoms with Crippen LogP contribution in [0, 0.1) is 5.82 Å². The second-order valence-electron chi connectivity index (χ2n) is 5.00. The highest BCUT2D eigenvalue weighted by molar-refractivity contribution is 6.31. The average Bonchev–Trinajstić information content (AvgIpc) is 2.85. The van der Waals surface area contributed by atoms with Gasteiger partial charge in [-0.15, -0.1) is 0 Å². The van der Waals surface area contributed by atoms with Crippen LogP contribution in [0.5, 0.6) is 0 Å². The zero-order chi connectivity index (χ0) is 13.3. The number of nitrogens with zero attached hydrogens (tertiary/aromatic N) is 1. The van der Waals surface area contributed by atoms with Crippen LogP contribution in [0.3, 0.4) is 0 Å². The molecule has 0 fully saturated rings. The van der Waals surface area contributed by atoms with Crippen LogP contribution in [-0.2, 0) is 0 Å². The summed E-state index contributed by atoms with van der Waals surface area (Å²) in [6, 6.07) is 12.6. The van der Waals surface area contributed by atoms with Crippen LogP contribution in [0.4, 0.5) is 4.39 Å². The summed E-state index contributed by atoms with van der Waals surface area (Å²) < 4.78 is 19.5. The molecule has 0 bridgehead atoms. The number of rotatable bonds is 0. The zero-order valence-corrected chi connectivity index (χ0v) is 10.4. The Kier molecular flexibility index (Phi) is 1.65. The Bertz CT molecular complexity index is 1110. The lowest BCUT2D eigenvalue weighted by atomic mass is 9.97. The maximum Gasteiger partial charge on any atom is 0.139 e. The fourth-order valence-electron chi connectivity index (χ4n) is 3.14. The highest BCUT2D eigenvalue weighted by atomic mass is 19.1. The van der Waals surface area contributed by atoms with E-state index in [1.807, 2.05) is 24.3 Å². The number of aromatic nitrogens is 1. The molecule has 0 spiro atoms. The quantitative estimate of drug-likeness (QED) is 0.372. The van der Waals surface area contributed by atoms with Crippen molar-refractivity contribution in [1.29, 1.82) is 0 Å². The molecule has 3 heteroatoms. The highest BCUT2D eigenvalue weighted by Gasteiger charge is 2.17. The molecular formula is C17H8FNO. The molecule has 5 aromatic rings. The highest BCUT2D eigenvalue weighted by Crippen LogP contribution is 2.41. The maximum atomic E-state index is 13.6. The Balaban J connectivity index is 2.30. The van der Waals surface area contributed by atoms with E-state index in [2.05, 4.69) is 4.98 Å². The van der Waals surface area contributed by atoms with Crippen molar-refractivity contribution in [2.24, 2.45) is 0 Å². The van der Waals surface area contributed by atoms with Gasteiger partial charge in [-0.3, -0.25) is 4.98 Å². The first-order valence-electron chi connectivity index (χ1n) is 6.43. The van der Waals surface area contributed by atoms with Gasteiger partial charge in [0.15, 0.2) is 0 Å². The Morgan fingerprint density at radius 1 is 0.850 bits per heavy atom. The largest absolute Gasteiger partial charge is 0.456 e. The monoisotopic (exact) mass is 261 g/mol. The van der Waals surface area contributed by atoms with E-state index in [1.54, 1.807) is 18.3 Å². The van der Waals surface area contributed by atoms with Gasteiger partial charge in [-0.1, -0.05) is 12.1 Å². The van der Waals surface area contributed by atoms with Crippen LogP contribution in [0.1, 0.15) is 0 Å². The molecule has 0 unspecified atom stereocenters. The number of fused-ring (bicyclic) bond motifs is 3. The summed E-state index contributed by atoms with van der Waals surface area (Å²) in [5, 5.41) is 4.90. The molecule has 20 heavy (non-hydrogen) atoms. The summed E-state index contributed by atoms with van der Waals surface area (Å²) in [7, 11) is 0. The van der Waals surface area contributed by atoms with Gasteiger partial charge in [-0.05, 0) is 41.1 Å². The first kappa shape index (κ1) is 10.1. The molecule has 0 saturated heterocycles. The third kappa shape index (κ3) is 1.06. The molecule has 0 radical (unpaired) electrons. The molecule has 2 aromatic heterocycles. The third-order valence-electron chi connectivity index (χ3n) is 3.94. The lowest BCUT2D eigenvalue weighted by Gasteiger charge is -2.06.